The predicted molar refractivity (Wildman–Crippen MR) is 82.6 cm³/mol. The Balaban J connectivity index is 1.76. The molecule has 1 aliphatic rings. The molecule has 1 fully saturated rings. The molecular weight excluding hydrogens is 318 g/mol. The fourth-order valence-corrected chi connectivity index (χ4v) is 3.47. The van der Waals surface area contributed by atoms with Gasteiger partial charge in [-0.15, -0.1) is 0 Å². The molecule has 0 amide bonds. The van der Waals surface area contributed by atoms with E-state index in [-0.39, 0.29) is 12.0 Å². The summed E-state index contributed by atoms with van der Waals surface area (Å²) in [6, 6.07) is 4.38. The molecule has 108 valence electrons. The SMILES string of the molecule is CC1(CO)CCCC1NCc1cnc2ccc(Br)cn12. The summed E-state index contributed by atoms with van der Waals surface area (Å²) in [5, 5.41) is 13.2. The van der Waals surface area contributed by atoms with Crippen LogP contribution in [-0.2, 0) is 6.54 Å². The number of pyridine rings is 1. The molecule has 1 saturated carbocycles. The summed E-state index contributed by atoms with van der Waals surface area (Å²) in [6.07, 6.45) is 7.38. The Morgan fingerprint density at radius 3 is 3.20 bits per heavy atom. The summed E-state index contributed by atoms with van der Waals surface area (Å²) in [5.41, 5.74) is 2.12. The highest BCUT2D eigenvalue weighted by atomic mass is 79.9. The van der Waals surface area contributed by atoms with Crippen LogP contribution in [0.5, 0.6) is 0 Å². The lowest BCUT2D eigenvalue weighted by Crippen LogP contribution is -2.41. The number of nitrogens with zero attached hydrogens (tertiary/aromatic N) is 2. The summed E-state index contributed by atoms with van der Waals surface area (Å²) in [5.74, 6) is 0. The first-order valence-corrected chi connectivity index (χ1v) is 7.87. The maximum Gasteiger partial charge on any atom is 0.136 e. The second kappa shape index (κ2) is 5.47. The highest BCUT2D eigenvalue weighted by Crippen LogP contribution is 2.37. The minimum atomic E-state index is 0.0150. The molecule has 2 N–H and O–H groups in total. The normalized spacial score (nSPS) is 26.4. The maximum atomic E-state index is 9.60. The second-order valence-electron chi connectivity index (χ2n) is 5.96. The quantitative estimate of drug-likeness (QED) is 0.901. The molecule has 2 atom stereocenters. The van der Waals surface area contributed by atoms with Gasteiger partial charge in [0, 0.05) is 35.3 Å². The molecule has 3 rings (SSSR count). The molecule has 0 bridgehead atoms. The third-order valence-corrected chi connectivity index (χ3v) is 4.99. The Bertz CT molecular complexity index is 612. The number of hydrogen-bond donors (Lipinski definition) is 2. The van der Waals surface area contributed by atoms with E-state index in [0.29, 0.717) is 6.04 Å². The average Bonchev–Trinajstić information content (AvgIpc) is 3.01. The van der Waals surface area contributed by atoms with Crippen LogP contribution in [0.25, 0.3) is 5.65 Å². The van der Waals surface area contributed by atoms with E-state index in [9.17, 15) is 5.11 Å². The fraction of sp³-hybridized carbons (Fsp3) is 0.533. The lowest BCUT2D eigenvalue weighted by Gasteiger charge is -2.30. The standard InChI is InChI=1S/C15H20BrN3O/c1-15(10-20)6-2-3-13(15)17-7-12-8-18-14-5-4-11(16)9-19(12)14/h4-5,8-9,13,17,20H,2-3,6-7,10H2,1H3. The average molecular weight is 338 g/mol. The van der Waals surface area contributed by atoms with Crippen LogP contribution in [0.3, 0.4) is 0 Å². The van der Waals surface area contributed by atoms with E-state index in [2.05, 4.69) is 37.6 Å². The van der Waals surface area contributed by atoms with Crippen LogP contribution >= 0.6 is 15.9 Å². The number of hydrogen-bond acceptors (Lipinski definition) is 3. The van der Waals surface area contributed by atoms with Crippen LogP contribution in [0.4, 0.5) is 0 Å². The largest absolute Gasteiger partial charge is 0.396 e. The van der Waals surface area contributed by atoms with Gasteiger partial charge in [0.1, 0.15) is 5.65 Å². The Hall–Kier alpha value is -0.910. The van der Waals surface area contributed by atoms with E-state index < -0.39 is 0 Å². The molecule has 2 aromatic heterocycles. The minimum absolute atomic E-state index is 0.0150. The molecule has 0 radical (unpaired) electrons. The Morgan fingerprint density at radius 2 is 2.40 bits per heavy atom. The molecule has 2 heterocycles. The molecule has 0 spiro atoms. The van der Waals surface area contributed by atoms with Gasteiger partial charge in [0.15, 0.2) is 0 Å². The molecule has 0 aromatic carbocycles. The van der Waals surface area contributed by atoms with Crippen LogP contribution in [0.15, 0.2) is 29.0 Å². The molecule has 5 heteroatoms. The smallest absolute Gasteiger partial charge is 0.136 e. The lowest BCUT2D eigenvalue weighted by molar-refractivity contribution is 0.118. The van der Waals surface area contributed by atoms with Crippen molar-refractivity contribution in [2.24, 2.45) is 5.41 Å². The summed E-state index contributed by atoms with van der Waals surface area (Å²) in [4.78, 5) is 4.41. The maximum absolute atomic E-state index is 9.60. The van der Waals surface area contributed by atoms with E-state index in [1.165, 1.54) is 6.42 Å². The number of halogens is 1. The molecule has 2 aromatic rings. The van der Waals surface area contributed by atoms with Crippen molar-refractivity contribution in [1.29, 1.82) is 0 Å². The third-order valence-electron chi connectivity index (χ3n) is 4.52. The summed E-state index contributed by atoms with van der Waals surface area (Å²) in [6.45, 7) is 3.20. The summed E-state index contributed by atoms with van der Waals surface area (Å²) in [7, 11) is 0. The fourth-order valence-electron chi connectivity index (χ4n) is 3.13. The third kappa shape index (κ3) is 2.50. The zero-order chi connectivity index (χ0) is 14.2. The number of rotatable bonds is 4. The van der Waals surface area contributed by atoms with Gasteiger partial charge in [-0.2, -0.15) is 0 Å². The number of aliphatic hydroxyl groups is 1. The first kappa shape index (κ1) is 14.0. The number of aliphatic hydroxyl groups excluding tert-OH is 1. The van der Waals surface area contributed by atoms with Crippen LogP contribution in [0.1, 0.15) is 31.9 Å². The Kier molecular flexibility index (Phi) is 3.84. The van der Waals surface area contributed by atoms with Gasteiger partial charge >= 0.3 is 0 Å². The predicted octanol–water partition coefficient (Wildman–Crippen LogP) is 2.74. The van der Waals surface area contributed by atoms with Gasteiger partial charge < -0.3 is 14.8 Å². The van der Waals surface area contributed by atoms with Crippen molar-refractivity contribution in [1.82, 2.24) is 14.7 Å². The van der Waals surface area contributed by atoms with Gasteiger partial charge in [-0.3, -0.25) is 0 Å². The van der Waals surface area contributed by atoms with Crippen molar-refractivity contribution in [3.05, 3.63) is 34.7 Å². The van der Waals surface area contributed by atoms with Crippen molar-refractivity contribution < 1.29 is 5.11 Å². The van der Waals surface area contributed by atoms with Gasteiger partial charge in [0.2, 0.25) is 0 Å². The number of fused-ring (bicyclic) bond motifs is 1. The summed E-state index contributed by atoms with van der Waals surface area (Å²) >= 11 is 3.50. The van der Waals surface area contributed by atoms with Crippen LogP contribution in [0.2, 0.25) is 0 Å². The van der Waals surface area contributed by atoms with Gasteiger partial charge in [-0.05, 0) is 40.9 Å². The number of aromatic nitrogens is 2. The lowest BCUT2D eigenvalue weighted by atomic mass is 9.86. The zero-order valence-corrected chi connectivity index (χ0v) is 13.2. The topological polar surface area (TPSA) is 49.6 Å². The van der Waals surface area contributed by atoms with E-state index >= 15 is 0 Å². The van der Waals surface area contributed by atoms with Crippen molar-refractivity contribution in [2.45, 2.75) is 38.8 Å². The van der Waals surface area contributed by atoms with Crippen molar-refractivity contribution >= 4 is 21.6 Å². The molecule has 0 aliphatic heterocycles. The monoisotopic (exact) mass is 337 g/mol. The Labute approximate surface area is 127 Å². The van der Waals surface area contributed by atoms with Crippen molar-refractivity contribution in [3.8, 4) is 0 Å². The van der Waals surface area contributed by atoms with E-state index in [1.807, 2.05) is 24.5 Å². The van der Waals surface area contributed by atoms with Crippen LogP contribution < -0.4 is 5.32 Å². The first-order chi connectivity index (χ1) is 9.62. The minimum Gasteiger partial charge on any atom is -0.396 e. The molecule has 2 unspecified atom stereocenters. The highest BCUT2D eigenvalue weighted by Gasteiger charge is 2.37. The molecule has 1 aliphatic carbocycles. The van der Waals surface area contributed by atoms with Gasteiger partial charge in [0.25, 0.3) is 0 Å². The first-order valence-electron chi connectivity index (χ1n) is 7.08. The van der Waals surface area contributed by atoms with E-state index in [1.54, 1.807) is 0 Å². The zero-order valence-electron chi connectivity index (χ0n) is 11.6. The van der Waals surface area contributed by atoms with Crippen molar-refractivity contribution in [2.75, 3.05) is 6.61 Å². The highest BCUT2D eigenvalue weighted by molar-refractivity contribution is 9.10. The van der Waals surface area contributed by atoms with Gasteiger partial charge in [-0.1, -0.05) is 13.3 Å². The van der Waals surface area contributed by atoms with Crippen molar-refractivity contribution in [3.63, 3.8) is 0 Å². The second-order valence-corrected chi connectivity index (χ2v) is 6.88. The number of nitrogens with one attached hydrogen (secondary N) is 1. The molecular formula is C15H20BrN3O. The Morgan fingerprint density at radius 1 is 1.55 bits per heavy atom. The number of imidazole rings is 1. The summed E-state index contributed by atoms with van der Waals surface area (Å²) < 4.78 is 3.15. The van der Waals surface area contributed by atoms with E-state index in [0.717, 1.165) is 35.2 Å². The van der Waals surface area contributed by atoms with Gasteiger partial charge in [-0.25, -0.2) is 4.98 Å². The molecule has 4 nitrogen and oxygen atoms in total. The van der Waals surface area contributed by atoms with Gasteiger partial charge in [0.05, 0.1) is 11.9 Å². The molecule has 0 saturated heterocycles. The van der Waals surface area contributed by atoms with Crippen LogP contribution in [-0.4, -0.2) is 27.1 Å². The molecule has 20 heavy (non-hydrogen) atoms. The van der Waals surface area contributed by atoms with Crippen LogP contribution in [0, 0.1) is 5.41 Å². The van der Waals surface area contributed by atoms with E-state index in [4.69, 9.17) is 0 Å².